The van der Waals surface area contributed by atoms with Gasteiger partial charge in [0.1, 0.15) is 0 Å². The molecule has 1 aromatic heterocycles. The summed E-state index contributed by atoms with van der Waals surface area (Å²) in [5.41, 5.74) is 5.84. The molecule has 0 spiro atoms. The molecule has 0 aliphatic heterocycles. The highest BCUT2D eigenvalue weighted by Crippen LogP contribution is 2.30. The van der Waals surface area contributed by atoms with E-state index in [2.05, 4.69) is 14.9 Å². The number of rotatable bonds is 5. The van der Waals surface area contributed by atoms with E-state index in [-0.39, 0.29) is 6.10 Å². The highest BCUT2D eigenvalue weighted by Gasteiger charge is 2.30. The molecule has 2 rings (SSSR count). The van der Waals surface area contributed by atoms with Crippen LogP contribution in [0.25, 0.3) is 0 Å². The molecule has 1 aliphatic rings. The predicted molar refractivity (Wildman–Crippen MR) is 76.4 cm³/mol. The number of nitrogens with two attached hydrogens (primary N) is 1. The Morgan fingerprint density at radius 2 is 2.26 bits per heavy atom. The van der Waals surface area contributed by atoms with Gasteiger partial charge >= 0.3 is 0 Å². The molecule has 0 aromatic carbocycles. The van der Waals surface area contributed by atoms with Gasteiger partial charge in [0, 0.05) is 25.4 Å². The SMILES string of the molecule is CC(C)Oc1ccnc(N(C)C2CCCC2CN)n1. The van der Waals surface area contributed by atoms with E-state index in [0.717, 1.165) is 18.9 Å². The summed E-state index contributed by atoms with van der Waals surface area (Å²) in [7, 11) is 2.05. The fraction of sp³-hybridized carbons (Fsp3) is 0.714. The minimum absolute atomic E-state index is 0.122. The number of nitrogens with zero attached hydrogens (tertiary/aromatic N) is 3. The third-order valence-electron chi connectivity index (χ3n) is 3.71. The molecule has 1 fully saturated rings. The summed E-state index contributed by atoms with van der Waals surface area (Å²) >= 11 is 0. The molecule has 1 aromatic rings. The summed E-state index contributed by atoms with van der Waals surface area (Å²) in [6.45, 7) is 4.72. The van der Waals surface area contributed by atoms with Crippen LogP contribution in [0, 0.1) is 5.92 Å². The monoisotopic (exact) mass is 264 g/mol. The Balaban J connectivity index is 2.12. The first kappa shape index (κ1) is 14.1. The molecule has 0 radical (unpaired) electrons. The Morgan fingerprint density at radius 1 is 1.47 bits per heavy atom. The lowest BCUT2D eigenvalue weighted by Crippen LogP contribution is -2.38. The van der Waals surface area contributed by atoms with E-state index in [1.807, 2.05) is 20.9 Å². The van der Waals surface area contributed by atoms with Gasteiger partial charge in [0.15, 0.2) is 0 Å². The minimum Gasteiger partial charge on any atom is -0.475 e. The quantitative estimate of drug-likeness (QED) is 0.879. The second-order valence-corrected chi connectivity index (χ2v) is 5.47. The Hall–Kier alpha value is -1.36. The van der Waals surface area contributed by atoms with E-state index in [1.165, 1.54) is 12.8 Å². The lowest BCUT2D eigenvalue weighted by Gasteiger charge is -2.29. The maximum Gasteiger partial charge on any atom is 0.228 e. The Bertz CT molecular complexity index is 410. The van der Waals surface area contributed by atoms with Gasteiger partial charge in [-0.25, -0.2) is 4.98 Å². The zero-order valence-corrected chi connectivity index (χ0v) is 12.0. The van der Waals surface area contributed by atoms with Gasteiger partial charge in [0.2, 0.25) is 11.8 Å². The van der Waals surface area contributed by atoms with Gasteiger partial charge in [-0.3, -0.25) is 0 Å². The van der Waals surface area contributed by atoms with Crippen molar-refractivity contribution in [2.24, 2.45) is 11.7 Å². The third kappa shape index (κ3) is 3.35. The number of hydrogen-bond acceptors (Lipinski definition) is 5. The average molecular weight is 264 g/mol. The topological polar surface area (TPSA) is 64.3 Å². The van der Waals surface area contributed by atoms with Crippen molar-refractivity contribution < 1.29 is 4.74 Å². The van der Waals surface area contributed by atoms with Crippen LogP contribution in [0.3, 0.4) is 0 Å². The number of ether oxygens (including phenoxy) is 1. The molecule has 1 saturated carbocycles. The van der Waals surface area contributed by atoms with Crippen molar-refractivity contribution in [2.45, 2.75) is 45.3 Å². The van der Waals surface area contributed by atoms with E-state index in [1.54, 1.807) is 12.3 Å². The summed E-state index contributed by atoms with van der Waals surface area (Å²) in [5, 5.41) is 0. The molecule has 0 bridgehead atoms. The zero-order chi connectivity index (χ0) is 13.8. The lowest BCUT2D eigenvalue weighted by atomic mass is 10.0. The molecule has 106 valence electrons. The summed E-state index contributed by atoms with van der Waals surface area (Å²) in [6.07, 6.45) is 5.48. The molecule has 2 atom stereocenters. The van der Waals surface area contributed by atoms with Gasteiger partial charge in [0.05, 0.1) is 6.10 Å². The zero-order valence-electron chi connectivity index (χ0n) is 12.0. The van der Waals surface area contributed by atoms with Crippen LogP contribution >= 0.6 is 0 Å². The van der Waals surface area contributed by atoms with Crippen molar-refractivity contribution >= 4 is 5.95 Å². The molecule has 1 heterocycles. The van der Waals surface area contributed by atoms with Crippen molar-refractivity contribution in [1.82, 2.24) is 9.97 Å². The average Bonchev–Trinajstić information content (AvgIpc) is 2.85. The maximum absolute atomic E-state index is 5.84. The molecular formula is C14H24N4O. The number of hydrogen-bond donors (Lipinski definition) is 1. The summed E-state index contributed by atoms with van der Waals surface area (Å²) in [5.74, 6) is 1.90. The highest BCUT2D eigenvalue weighted by atomic mass is 16.5. The Morgan fingerprint density at radius 3 is 2.95 bits per heavy atom. The van der Waals surface area contributed by atoms with Crippen LogP contribution in [0.2, 0.25) is 0 Å². The smallest absolute Gasteiger partial charge is 0.228 e. The molecule has 5 nitrogen and oxygen atoms in total. The molecule has 1 aliphatic carbocycles. The van der Waals surface area contributed by atoms with Crippen LogP contribution in [-0.2, 0) is 0 Å². The minimum atomic E-state index is 0.122. The van der Waals surface area contributed by atoms with Crippen LogP contribution in [0.15, 0.2) is 12.3 Å². The van der Waals surface area contributed by atoms with Crippen LogP contribution in [-0.4, -0.2) is 35.7 Å². The maximum atomic E-state index is 5.84. The summed E-state index contributed by atoms with van der Waals surface area (Å²) in [4.78, 5) is 11.0. The van der Waals surface area contributed by atoms with Crippen molar-refractivity contribution in [3.63, 3.8) is 0 Å². The first-order chi connectivity index (χ1) is 9.11. The Kier molecular flexibility index (Phi) is 4.58. The van der Waals surface area contributed by atoms with Crippen LogP contribution in [0.1, 0.15) is 33.1 Å². The lowest BCUT2D eigenvalue weighted by molar-refractivity contribution is 0.232. The fourth-order valence-corrected chi connectivity index (χ4v) is 2.76. The van der Waals surface area contributed by atoms with Gasteiger partial charge in [-0.1, -0.05) is 6.42 Å². The third-order valence-corrected chi connectivity index (χ3v) is 3.71. The van der Waals surface area contributed by atoms with Gasteiger partial charge in [-0.05, 0) is 39.2 Å². The summed E-state index contributed by atoms with van der Waals surface area (Å²) < 4.78 is 5.62. The molecular weight excluding hydrogens is 240 g/mol. The summed E-state index contributed by atoms with van der Waals surface area (Å²) in [6, 6.07) is 2.24. The van der Waals surface area contributed by atoms with Crippen molar-refractivity contribution in [3.05, 3.63) is 12.3 Å². The normalized spacial score (nSPS) is 22.8. The molecule has 19 heavy (non-hydrogen) atoms. The molecule has 0 saturated heterocycles. The molecule has 2 unspecified atom stereocenters. The van der Waals surface area contributed by atoms with Crippen LogP contribution < -0.4 is 15.4 Å². The second-order valence-electron chi connectivity index (χ2n) is 5.47. The predicted octanol–water partition coefficient (Wildman–Crippen LogP) is 1.83. The first-order valence-electron chi connectivity index (χ1n) is 7.04. The van der Waals surface area contributed by atoms with Gasteiger partial charge in [-0.2, -0.15) is 4.98 Å². The number of anilines is 1. The van der Waals surface area contributed by atoms with Crippen LogP contribution in [0.4, 0.5) is 5.95 Å². The van der Waals surface area contributed by atoms with Crippen molar-refractivity contribution in [1.29, 1.82) is 0 Å². The first-order valence-corrected chi connectivity index (χ1v) is 7.04. The van der Waals surface area contributed by atoms with E-state index in [9.17, 15) is 0 Å². The van der Waals surface area contributed by atoms with E-state index < -0.39 is 0 Å². The van der Waals surface area contributed by atoms with Gasteiger partial charge in [-0.15, -0.1) is 0 Å². The Labute approximate surface area is 115 Å². The molecule has 5 heteroatoms. The van der Waals surface area contributed by atoms with E-state index in [0.29, 0.717) is 17.8 Å². The second kappa shape index (κ2) is 6.19. The highest BCUT2D eigenvalue weighted by molar-refractivity contribution is 5.33. The fourth-order valence-electron chi connectivity index (χ4n) is 2.76. The van der Waals surface area contributed by atoms with Crippen molar-refractivity contribution in [2.75, 3.05) is 18.5 Å². The van der Waals surface area contributed by atoms with Gasteiger partial charge < -0.3 is 15.4 Å². The standard InChI is InChI=1S/C14H24N4O/c1-10(2)19-13-7-8-16-14(17-13)18(3)12-6-4-5-11(12)9-15/h7-8,10-12H,4-6,9,15H2,1-3H3. The molecule has 2 N–H and O–H groups in total. The van der Waals surface area contributed by atoms with E-state index >= 15 is 0 Å². The van der Waals surface area contributed by atoms with E-state index in [4.69, 9.17) is 10.5 Å². The number of aromatic nitrogens is 2. The largest absolute Gasteiger partial charge is 0.475 e. The van der Waals surface area contributed by atoms with Gasteiger partial charge in [0.25, 0.3) is 0 Å². The van der Waals surface area contributed by atoms with Crippen molar-refractivity contribution in [3.8, 4) is 5.88 Å². The molecule has 0 amide bonds. The van der Waals surface area contributed by atoms with Crippen LogP contribution in [0.5, 0.6) is 5.88 Å².